The Kier molecular flexibility index (Phi) is 4.71. The van der Waals surface area contributed by atoms with E-state index in [2.05, 4.69) is 17.2 Å². The second kappa shape index (κ2) is 6.78. The van der Waals surface area contributed by atoms with Gasteiger partial charge in [-0.25, -0.2) is 13.4 Å². The zero-order valence-corrected chi connectivity index (χ0v) is 16.8. The predicted molar refractivity (Wildman–Crippen MR) is 103 cm³/mol. The number of sulfone groups is 1. The zero-order chi connectivity index (χ0) is 19.2. The van der Waals surface area contributed by atoms with Crippen molar-refractivity contribution < 1.29 is 17.6 Å². The molecule has 1 aromatic carbocycles. The van der Waals surface area contributed by atoms with Crippen LogP contribution < -0.4 is 5.32 Å². The van der Waals surface area contributed by atoms with Crippen LogP contribution in [0.1, 0.15) is 38.5 Å². The number of aromatic nitrogens is 1. The van der Waals surface area contributed by atoms with Crippen molar-refractivity contribution in [3.63, 3.8) is 0 Å². The monoisotopic (exact) mass is 410 g/mol. The van der Waals surface area contributed by atoms with E-state index in [-0.39, 0.29) is 34.8 Å². The number of benzene rings is 1. The minimum Gasteiger partial charge on any atom is -0.441 e. The Morgan fingerprint density at radius 1 is 1.33 bits per heavy atom. The first-order valence-electron chi connectivity index (χ1n) is 9.27. The molecule has 0 bridgehead atoms. The predicted octanol–water partition coefficient (Wildman–Crippen LogP) is 3.13. The van der Waals surface area contributed by atoms with Crippen molar-refractivity contribution in [2.75, 3.05) is 11.5 Å². The lowest BCUT2D eigenvalue weighted by atomic mass is 9.65. The lowest BCUT2D eigenvalue weighted by Crippen LogP contribution is -2.52. The van der Waals surface area contributed by atoms with E-state index in [4.69, 9.17) is 16.0 Å². The molecule has 1 amide bonds. The molecule has 1 saturated heterocycles. The summed E-state index contributed by atoms with van der Waals surface area (Å²) in [6.45, 7) is 2.17. The fourth-order valence-corrected chi connectivity index (χ4v) is 5.89. The number of rotatable bonds is 4. The van der Waals surface area contributed by atoms with Crippen molar-refractivity contribution in [3.8, 4) is 0 Å². The van der Waals surface area contributed by atoms with Crippen LogP contribution in [-0.2, 0) is 21.1 Å². The molecule has 4 rings (SSSR count). The van der Waals surface area contributed by atoms with Crippen LogP contribution >= 0.6 is 11.6 Å². The lowest BCUT2D eigenvalue weighted by molar-refractivity contribution is -0.127. The van der Waals surface area contributed by atoms with E-state index in [1.807, 2.05) is 6.07 Å². The molecule has 2 aliphatic rings. The van der Waals surface area contributed by atoms with Crippen LogP contribution in [-0.4, -0.2) is 36.9 Å². The first-order chi connectivity index (χ1) is 12.7. The summed E-state index contributed by atoms with van der Waals surface area (Å²) in [5, 5.41) is 3.72. The fraction of sp³-hybridized carbons (Fsp3) is 0.579. The maximum Gasteiger partial charge on any atom is 0.223 e. The standard InChI is InChI=1S/C19H23ClN2O4S/c1-19(11-17-22-15-8-13(20)2-3-16(15)26-17)9-14(10-19)21-18(23)12-4-6-27(24,25)7-5-12/h2-3,8,12,14H,4-7,9-11H2,1H3,(H,21,23)/t14-,19+. The molecule has 1 saturated carbocycles. The van der Waals surface area contributed by atoms with Gasteiger partial charge in [-0.2, -0.15) is 0 Å². The third-order valence-corrected chi connectivity index (χ3v) is 7.67. The van der Waals surface area contributed by atoms with Crippen LogP contribution in [0.5, 0.6) is 0 Å². The van der Waals surface area contributed by atoms with Crippen molar-refractivity contribution in [1.82, 2.24) is 10.3 Å². The van der Waals surface area contributed by atoms with Crippen LogP contribution in [0, 0.1) is 11.3 Å². The first-order valence-corrected chi connectivity index (χ1v) is 11.5. The smallest absolute Gasteiger partial charge is 0.223 e. The number of hydrogen-bond acceptors (Lipinski definition) is 5. The average molecular weight is 411 g/mol. The topological polar surface area (TPSA) is 89.3 Å². The summed E-state index contributed by atoms with van der Waals surface area (Å²) in [5.41, 5.74) is 1.53. The SMILES string of the molecule is C[C@]1(Cc2nc3cc(Cl)ccc3o2)C[C@@H](NC(=O)C2CCS(=O)(=O)CC2)C1. The Morgan fingerprint density at radius 2 is 2.04 bits per heavy atom. The number of nitrogens with one attached hydrogen (secondary N) is 1. The molecule has 1 aromatic heterocycles. The van der Waals surface area contributed by atoms with Crippen molar-refractivity contribution in [2.24, 2.45) is 11.3 Å². The third-order valence-electron chi connectivity index (χ3n) is 5.72. The van der Waals surface area contributed by atoms with E-state index < -0.39 is 9.84 Å². The maximum absolute atomic E-state index is 12.4. The molecule has 2 fully saturated rings. The maximum atomic E-state index is 12.4. The Labute approximate surface area is 163 Å². The Morgan fingerprint density at radius 3 is 2.74 bits per heavy atom. The van der Waals surface area contributed by atoms with Crippen molar-refractivity contribution in [2.45, 2.75) is 45.1 Å². The molecule has 146 valence electrons. The minimum absolute atomic E-state index is 0.00606. The van der Waals surface area contributed by atoms with Crippen LogP contribution in [0.3, 0.4) is 0 Å². The van der Waals surface area contributed by atoms with E-state index >= 15 is 0 Å². The largest absolute Gasteiger partial charge is 0.441 e. The van der Waals surface area contributed by atoms with E-state index in [1.54, 1.807) is 12.1 Å². The number of hydrogen-bond donors (Lipinski definition) is 1. The van der Waals surface area contributed by atoms with E-state index in [0.29, 0.717) is 30.2 Å². The quantitative estimate of drug-likeness (QED) is 0.836. The highest BCUT2D eigenvalue weighted by Gasteiger charge is 2.43. The zero-order valence-electron chi connectivity index (χ0n) is 15.2. The molecule has 0 atom stereocenters. The molecular formula is C19H23ClN2O4S. The number of nitrogens with zero attached hydrogens (tertiary/aromatic N) is 1. The van der Waals surface area contributed by atoms with Crippen LogP contribution in [0.15, 0.2) is 22.6 Å². The first kappa shape index (κ1) is 18.7. The molecule has 0 radical (unpaired) electrons. The molecular weight excluding hydrogens is 388 g/mol. The van der Waals surface area contributed by atoms with Gasteiger partial charge in [-0.15, -0.1) is 0 Å². The Hall–Kier alpha value is -1.60. The van der Waals surface area contributed by atoms with Gasteiger partial charge in [-0.3, -0.25) is 4.79 Å². The molecule has 2 aromatic rings. The summed E-state index contributed by atoms with van der Waals surface area (Å²) < 4.78 is 28.8. The van der Waals surface area contributed by atoms with Gasteiger partial charge in [0.05, 0.1) is 11.5 Å². The van der Waals surface area contributed by atoms with Gasteiger partial charge >= 0.3 is 0 Å². The molecule has 2 heterocycles. The van der Waals surface area contributed by atoms with Gasteiger partial charge < -0.3 is 9.73 Å². The average Bonchev–Trinajstić information content (AvgIpc) is 2.94. The van der Waals surface area contributed by atoms with Gasteiger partial charge in [0.1, 0.15) is 15.4 Å². The molecule has 8 heteroatoms. The summed E-state index contributed by atoms with van der Waals surface area (Å²) >= 11 is 5.99. The third kappa shape index (κ3) is 4.14. The van der Waals surface area contributed by atoms with Crippen molar-refractivity contribution in [3.05, 3.63) is 29.1 Å². The molecule has 1 aliphatic carbocycles. The van der Waals surface area contributed by atoms with Crippen LogP contribution in [0.2, 0.25) is 5.02 Å². The number of carbonyl (C=O) groups excluding carboxylic acids is 1. The highest BCUT2D eigenvalue weighted by atomic mass is 35.5. The Bertz CT molecular complexity index is 965. The number of amides is 1. The van der Waals surface area contributed by atoms with Gasteiger partial charge in [-0.1, -0.05) is 18.5 Å². The number of halogens is 1. The molecule has 0 unspecified atom stereocenters. The summed E-state index contributed by atoms with van der Waals surface area (Å²) in [7, 11) is -2.94. The van der Waals surface area contributed by atoms with Crippen LogP contribution in [0.25, 0.3) is 11.1 Å². The summed E-state index contributed by atoms with van der Waals surface area (Å²) in [5.74, 6) is 0.748. The van der Waals surface area contributed by atoms with Crippen molar-refractivity contribution in [1.29, 1.82) is 0 Å². The van der Waals surface area contributed by atoms with Gasteiger partial charge in [0, 0.05) is 23.4 Å². The van der Waals surface area contributed by atoms with E-state index in [1.165, 1.54) is 0 Å². The molecule has 0 spiro atoms. The van der Waals surface area contributed by atoms with Gasteiger partial charge in [0.25, 0.3) is 0 Å². The second-order valence-electron chi connectivity index (χ2n) is 8.25. The fourth-order valence-electron chi connectivity index (χ4n) is 4.24. The lowest BCUT2D eigenvalue weighted by Gasteiger charge is -2.45. The van der Waals surface area contributed by atoms with Gasteiger partial charge in [0.2, 0.25) is 5.91 Å². The highest BCUT2D eigenvalue weighted by molar-refractivity contribution is 7.91. The number of fused-ring (bicyclic) bond motifs is 1. The summed E-state index contributed by atoms with van der Waals surface area (Å²) in [6.07, 6.45) is 3.31. The van der Waals surface area contributed by atoms with Gasteiger partial charge in [0.15, 0.2) is 11.5 Å². The molecule has 6 nitrogen and oxygen atoms in total. The second-order valence-corrected chi connectivity index (χ2v) is 11.0. The normalized spacial score (nSPS) is 28.0. The molecule has 27 heavy (non-hydrogen) atoms. The summed E-state index contributed by atoms with van der Waals surface area (Å²) in [4.78, 5) is 16.9. The minimum atomic E-state index is -2.94. The van der Waals surface area contributed by atoms with Gasteiger partial charge in [-0.05, 0) is 49.3 Å². The van der Waals surface area contributed by atoms with E-state index in [9.17, 15) is 13.2 Å². The highest BCUT2D eigenvalue weighted by Crippen LogP contribution is 2.44. The van der Waals surface area contributed by atoms with Crippen molar-refractivity contribution >= 4 is 38.4 Å². The molecule has 1 N–H and O–H groups in total. The van der Waals surface area contributed by atoms with Crippen LogP contribution in [0.4, 0.5) is 0 Å². The number of carbonyl (C=O) groups is 1. The van der Waals surface area contributed by atoms with E-state index in [0.717, 1.165) is 23.9 Å². The molecule has 1 aliphatic heterocycles. The number of oxazole rings is 1. The summed E-state index contributed by atoms with van der Waals surface area (Å²) in [6, 6.07) is 5.54. The Balaban J connectivity index is 1.30.